The van der Waals surface area contributed by atoms with E-state index in [9.17, 15) is 0 Å². The summed E-state index contributed by atoms with van der Waals surface area (Å²) in [6.07, 6.45) is 6.55. The van der Waals surface area contributed by atoms with Gasteiger partial charge in [0.15, 0.2) is 0 Å². The van der Waals surface area contributed by atoms with E-state index in [1.54, 1.807) is 0 Å². The van der Waals surface area contributed by atoms with Gasteiger partial charge in [0.05, 0.1) is 6.61 Å². The first-order chi connectivity index (χ1) is 6.70. The van der Waals surface area contributed by atoms with Gasteiger partial charge in [0.25, 0.3) is 0 Å². The van der Waals surface area contributed by atoms with Gasteiger partial charge >= 0.3 is 0 Å². The topological polar surface area (TPSA) is 21.3 Å². The summed E-state index contributed by atoms with van der Waals surface area (Å²) < 4.78 is 5.47. The quantitative estimate of drug-likeness (QED) is 0.681. The third-order valence-electron chi connectivity index (χ3n) is 2.24. The van der Waals surface area contributed by atoms with Gasteiger partial charge in [-0.3, -0.25) is 0 Å². The first-order valence-electron chi connectivity index (χ1n) is 5.43. The van der Waals surface area contributed by atoms with Crippen molar-refractivity contribution in [1.82, 2.24) is 5.32 Å². The highest BCUT2D eigenvalue weighted by Gasteiger charge is 2.05. The van der Waals surface area contributed by atoms with E-state index in [-0.39, 0.29) is 0 Å². The van der Waals surface area contributed by atoms with Gasteiger partial charge in [-0.1, -0.05) is 19.9 Å². The molecule has 1 rings (SSSR count). The number of ether oxygens (including phenoxy) is 1. The second kappa shape index (κ2) is 5.86. The van der Waals surface area contributed by atoms with Crippen molar-refractivity contribution in [3.63, 3.8) is 0 Å². The van der Waals surface area contributed by atoms with E-state index >= 15 is 0 Å². The number of hydrogen-bond acceptors (Lipinski definition) is 2. The number of allylic oxidation sites excluding steroid dienone is 1. The van der Waals surface area contributed by atoms with Crippen LogP contribution < -0.4 is 5.32 Å². The van der Waals surface area contributed by atoms with Gasteiger partial charge in [0, 0.05) is 12.5 Å². The predicted octanol–water partition coefficient (Wildman–Crippen LogP) is 2.63. The fraction of sp³-hybridized carbons (Fsp3) is 0.667. The van der Waals surface area contributed by atoms with Crippen molar-refractivity contribution in [2.45, 2.75) is 39.7 Å². The van der Waals surface area contributed by atoms with Gasteiger partial charge in [-0.2, -0.15) is 0 Å². The van der Waals surface area contributed by atoms with Crippen molar-refractivity contribution in [2.24, 2.45) is 0 Å². The summed E-state index contributed by atoms with van der Waals surface area (Å²) in [5.41, 5.74) is 1.27. The first kappa shape index (κ1) is 11.3. The third kappa shape index (κ3) is 3.97. The molecule has 0 spiro atoms. The maximum Gasteiger partial charge on any atom is 0.118 e. The molecule has 0 aromatic heterocycles. The normalized spacial score (nSPS) is 17.1. The Balaban J connectivity index is 2.22. The molecule has 0 aromatic rings. The second-order valence-corrected chi connectivity index (χ2v) is 3.99. The van der Waals surface area contributed by atoms with E-state index in [4.69, 9.17) is 4.74 Å². The largest absolute Gasteiger partial charge is 0.493 e. The molecule has 0 bridgehead atoms. The Hall–Kier alpha value is -0.760. The zero-order valence-corrected chi connectivity index (χ0v) is 9.47. The van der Waals surface area contributed by atoms with Crippen molar-refractivity contribution in [1.29, 1.82) is 0 Å². The summed E-state index contributed by atoms with van der Waals surface area (Å²) in [4.78, 5) is 0. The molecule has 1 N–H and O–H groups in total. The van der Waals surface area contributed by atoms with Crippen LogP contribution in [0.15, 0.2) is 23.5 Å². The zero-order valence-electron chi connectivity index (χ0n) is 9.47. The minimum Gasteiger partial charge on any atom is -0.493 e. The minimum atomic E-state index is 0.575. The molecule has 0 aromatic carbocycles. The Kier molecular flexibility index (Phi) is 4.74. The molecule has 0 amide bonds. The molecule has 0 unspecified atom stereocenters. The van der Waals surface area contributed by atoms with Crippen LogP contribution in [-0.2, 0) is 4.74 Å². The Morgan fingerprint density at radius 2 is 2.43 bits per heavy atom. The summed E-state index contributed by atoms with van der Waals surface area (Å²) in [6.45, 7) is 8.35. The fourth-order valence-corrected chi connectivity index (χ4v) is 1.45. The molecule has 0 aliphatic carbocycles. The molecule has 0 fully saturated rings. The molecule has 2 heteroatoms. The summed E-state index contributed by atoms with van der Waals surface area (Å²) in [6, 6.07) is 0.575. The molecule has 2 nitrogen and oxygen atoms in total. The summed E-state index contributed by atoms with van der Waals surface area (Å²) in [7, 11) is 0. The standard InChI is InChI=1S/C12H21NO/c1-10(2)13-8-4-6-11(3)12-7-5-9-14-12/h6-7,10,13H,4-5,8-9H2,1-3H3/b11-6-. The highest BCUT2D eigenvalue weighted by Crippen LogP contribution is 2.17. The first-order valence-corrected chi connectivity index (χ1v) is 5.43. The molecule has 80 valence electrons. The minimum absolute atomic E-state index is 0.575. The van der Waals surface area contributed by atoms with E-state index in [1.807, 2.05) is 0 Å². The molecule has 0 saturated heterocycles. The molecule has 0 radical (unpaired) electrons. The summed E-state index contributed by atoms with van der Waals surface area (Å²) >= 11 is 0. The van der Waals surface area contributed by atoms with Crippen LogP contribution in [0.25, 0.3) is 0 Å². The average Bonchev–Trinajstić information content (AvgIpc) is 2.64. The lowest BCUT2D eigenvalue weighted by atomic mass is 10.2. The van der Waals surface area contributed by atoms with Crippen LogP contribution >= 0.6 is 0 Å². The number of hydrogen-bond donors (Lipinski definition) is 1. The zero-order chi connectivity index (χ0) is 10.4. The third-order valence-corrected chi connectivity index (χ3v) is 2.24. The fourth-order valence-electron chi connectivity index (χ4n) is 1.45. The average molecular weight is 195 g/mol. The van der Waals surface area contributed by atoms with Crippen molar-refractivity contribution in [2.75, 3.05) is 13.2 Å². The Morgan fingerprint density at radius 1 is 1.64 bits per heavy atom. The maximum absolute atomic E-state index is 5.47. The molecule has 1 aliphatic heterocycles. The molecule has 0 saturated carbocycles. The van der Waals surface area contributed by atoms with Gasteiger partial charge in [-0.25, -0.2) is 0 Å². The Morgan fingerprint density at radius 3 is 3.00 bits per heavy atom. The molecular weight excluding hydrogens is 174 g/mol. The predicted molar refractivity (Wildman–Crippen MR) is 60.2 cm³/mol. The van der Waals surface area contributed by atoms with E-state index in [2.05, 4.69) is 38.2 Å². The van der Waals surface area contributed by atoms with Crippen LogP contribution in [0.2, 0.25) is 0 Å². The maximum atomic E-state index is 5.47. The Bertz CT molecular complexity index is 228. The van der Waals surface area contributed by atoms with E-state index in [0.29, 0.717) is 6.04 Å². The van der Waals surface area contributed by atoms with Crippen LogP contribution in [-0.4, -0.2) is 19.2 Å². The number of rotatable bonds is 5. The highest BCUT2D eigenvalue weighted by molar-refractivity contribution is 5.25. The molecule has 14 heavy (non-hydrogen) atoms. The van der Waals surface area contributed by atoms with Crippen molar-refractivity contribution < 1.29 is 4.74 Å². The van der Waals surface area contributed by atoms with Crippen LogP contribution in [0.4, 0.5) is 0 Å². The van der Waals surface area contributed by atoms with Gasteiger partial charge in [-0.05, 0) is 31.5 Å². The molecule has 0 atom stereocenters. The van der Waals surface area contributed by atoms with E-state index < -0.39 is 0 Å². The Labute approximate surface area is 87.0 Å². The number of nitrogens with one attached hydrogen (secondary N) is 1. The summed E-state index contributed by atoms with van der Waals surface area (Å²) in [5.74, 6) is 1.08. The van der Waals surface area contributed by atoms with Crippen LogP contribution in [0.3, 0.4) is 0 Å². The van der Waals surface area contributed by atoms with Crippen molar-refractivity contribution in [3.8, 4) is 0 Å². The van der Waals surface area contributed by atoms with Crippen LogP contribution in [0.1, 0.15) is 33.6 Å². The van der Waals surface area contributed by atoms with Gasteiger partial charge in [0.1, 0.15) is 5.76 Å². The second-order valence-electron chi connectivity index (χ2n) is 3.99. The molecular formula is C12H21NO. The highest BCUT2D eigenvalue weighted by atomic mass is 16.5. The SMILES string of the molecule is C/C(=C/CCNC(C)C)C1=CCCO1. The lowest BCUT2D eigenvalue weighted by Gasteiger charge is -2.07. The van der Waals surface area contributed by atoms with E-state index in [0.717, 1.165) is 31.8 Å². The molecule has 1 aliphatic rings. The molecule has 1 heterocycles. The van der Waals surface area contributed by atoms with Crippen molar-refractivity contribution in [3.05, 3.63) is 23.5 Å². The smallest absolute Gasteiger partial charge is 0.118 e. The van der Waals surface area contributed by atoms with Crippen LogP contribution in [0, 0.1) is 0 Å². The van der Waals surface area contributed by atoms with Gasteiger partial charge < -0.3 is 10.1 Å². The van der Waals surface area contributed by atoms with Crippen molar-refractivity contribution >= 4 is 0 Å². The lowest BCUT2D eigenvalue weighted by Crippen LogP contribution is -2.23. The lowest BCUT2D eigenvalue weighted by molar-refractivity contribution is 0.252. The van der Waals surface area contributed by atoms with E-state index in [1.165, 1.54) is 5.57 Å². The van der Waals surface area contributed by atoms with Gasteiger partial charge in [0.2, 0.25) is 0 Å². The monoisotopic (exact) mass is 195 g/mol. The summed E-state index contributed by atoms with van der Waals surface area (Å²) in [5, 5.41) is 3.39. The van der Waals surface area contributed by atoms with Crippen LogP contribution in [0.5, 0.6) is 0 Å². The van der Waals surface area contributed by atoms with Gasteiger partial charge in [-0.15, -0.1) is 0 Å².